The molecule has 148 valence electrons. The van der Waals surface area contributed by atoms with Crippen LogP contribution in [0.25, 0.3) is 4.96 Å². The molecule has 28 heavy (non-hydrogen) atoms. The van der Waals surface area contributed by atoms with Crippen molar-refractivity contribution in [3.63, 3.8) is 0 Å². The average molecular weight is 400 g/mol. The van der Waals surface area contributed by atoms with Crippen LogP contribution in [0, 0.1) is 0 Å². The second-order valence-corrected chi connectivity index (χ2v) is 8.18. The molecule has 0 bridgehead atoms. The third kappa shape index (κ3) is 4.24. The Morgan fingerprint density at radius 2 is 2.14 bits per heavy atom. The van der Waals surface area contributed by atoms with Crippen molar-refractivity contribution >= 4 is 21.4 Å². The summed E-state index contributed by atoms with van der Waals surface area (Å²) in [5, 5.41) is 18.5. The largest absolute Gasteiger partial charge is 0.390 e. The second-order valence-electron chi connectivity index (χ2n) is 7.23. The van der Waals surface area contributed by atoms with Crippen molar-refractivity contribution in [2.24, 2.45) is 0 Å². The van der Waals surface area contributed by atoms with E-state index in [1.54, 1.807) is 6.07 Å². The van der Waals surface area contributed by atoms with Gasteiger partial charge in [-0.2, -0.15) is 4.52 Å². The summed E-state index contributed by atoms with van der Waals surface area (Å²) < 4.78 is 1.32. The number of β-amino-alcohol motifs (C(OH)–C–C–N with tert-alkyl or cyclic N) is 1. The van der Waals surface area contributed by atoms with Gasteiger partial charge in [-0.05, 0) is 24.0 Å². The summed E-state index contributed by atoms with van der Waals surface area (Å²) in [4.78, 5) is 19.5. The first-order chi connectivity index (χ1) is 13.6. The fourth-order valence-electron chi connectivity index (χ4n) is 3.59. The van der Waals surface area contributed by atoms with Crippen molar-refractivity contribution in [2.45, 2.75) is 38.8 Å². The Labute approximate surface area is 167 Å². The molecule has 1 aliphatic heterocycles. The first-order valence-corrected chi connectivity index (χ1v) is 10.5. The van der Waals surface area contributed by atoms with E-state index in [0.29, 0.717) is 23.2 Å². The summed E-state index contributed by atoms with van der Waals surface area (Å²) in [5.74, 6) is 0. The topological polar surface area (TPSA) is 82.8 Å². The molecule has 0 spiro atoms. The minimum atomic E-state index is -0.516. The van der Waals surface area contributed by atoms with Crippen LogP contribution in [0.5, 0.6) is 0 Å². The van der Waals surface area contributed by atoms with Gasteiger partial charge >= 0.3 is 0 Å². The molecule has 0 saturated heterocycles. The lowest BCUT2D eigenvalue weighted by Gasteiger charge is -2.30. The van der Waals surface area contributed by atoms with Crippen LogP contribution in [0.2, 0.25) is 0 Å². The lowest BCUT2D eigenvalue weighted by atomic mass is 10.00. The van der Waals surface area contributed by atoms with Gasteiger partial charge in [0.1, 0.15) is 0 Å². The highest BCUT2D eigenvalue weighted by Crippen LogP contribution is 2.19. The van der Waals surface area contributed by atoms with Gasteiger partial charge in [0.25, 0.3) is 5.56 Å². The summed E-state index contributed by atoms with van der Waals surface area (Å²) in [7, 11) is 0. The number of hydrogen-bond donors (Lipinski definition) is 2. The highest BCUT2D eigenvalue weighted by Gasteiger charge is 2.18. The van der Waals surface area contributed by atoms with E-state index in [1.165, 1.54) is 27.0 Å². The Morgan fingerprint density at radius 3 is 2.96 bits per heavy atom. The number of aryl methyl sites for hydroxylation is 1. The predicted molar refractivity (Wildman–Crippen MR) is 111 cm³/mol. The summed E-state index contributed by atoms with van der Waals surface area (Å²) >= 11 is 1.34. The predicted octanol–water partition coefficient (Wildman–Crippen LogP) is 1.93. The van der Waals surface area contributed by atoms with Gasteiger partial charge in [0.05, 0.1) is 6.10 Å². The van der Waals surface area contributed by atoms with Crippen molar-refractivity contribution < 1.29 is 5.11 Å². The highest BCUT2D eigenvalue weighted by atomic mass is 32.1. The van der Waals surface area contributed by atoms with E-state index in [-0.39, 0.29) is 5.56 Å². The molecular weight excluding hydrogens is 374 g/mol. The molecule has 8 heteroatoms. The Hall–Kier alpha value is -2.29. The van der Waals surface area contributed by atoms with Crippen LogP contribution in [-0.4, -0.2) is 50.3 Å². The molecule has 1 aliphatic rings. The maximum atomic E-state index is 12.2. The Morgan fingerprint density at radius 1 is 1.32 bits per heavy atom. The molecule has 3 heterocycles. The smallest absolute Gasteiger partial charge is 0.275 e. The Bertz CT molecular complexity index is 1020. The molecule has 0 saturated carbocycles. The fraction of sp³-hybridized carbons (Fsp3) is 0.450. The molecule has 1 aromatic carbocycles. The van der Waals surface area contributed by atoms with Crippen LogP contribution in [-0.2, 0) is 19.4 Å². The number of benzene rings is 1. The molecule has 1 atom stereocenters. The van der Waals surface area contributed by atoms with E-state index in [9.17, 15) is 9.90 Å². The molecule has 2 N–H and O–H groups in total. The zero-order chi connectivity index (χ0) is 19.5. The van der Waals surface area contributed by atoms with E-state index in [4.69, 9.17) is 0 Å². The third-order valence-corrected chi connectivity index (χ3v) is 5.84. The van der Waals surface area contributed by atoms with Crippen LogP contribution in [0.3, 0.4) is 0 Å². The maximum absolute atomic E-state index is 12.2. The molecule has 0 radical (unpaired) electrons. The van der Waals surface area contributed by atoms with Crippen LogP contribution in [0.1, 0.15) is 30.2 Å². The minimum absolute atomic E-state index is 0.162. The van der Waals surface area contributed by atoms with E-state index in [1.807, 2.05) is 0 Å². The average Bonchev–Trinajstić information content (AvgIpc) is 3.10. The molecule has 7 nitrogen and oxygen atoms in total. The third-order valence-electron chi connectivity index (χ3n) is 4.97. The first kappa shape index (κ1) is 19.0. The number of anilines is 1. The Balaban J connectivity index is 1.35. The van der Waals surface area contributed by atoms with E-state index in [2.05, 4.69) is 51.5 Å². The van der Waals surface area contributed by atoms with Gasteiger partial charge in [0, 0.05) is 37.9 Å². The number of fused-ring (bicyclic) bond motifs is 2. The van der Waals surface area contributed by atoms with Crippen molar-refractivity contribution in [1.29, 1.82) is 0 Å². The summed E-state index contributed by atoms with van der Waals surface area (Å²) in [6.07, 6.45) is 2.23. The van der Waals surface area contributed by atoms with Gasteiger partial charge in [-0.25, -0.2) is 4.98 Å². The summed E-state index contributed by atoms with van der Waals surface area (Å²) in [5.41, 5.74) is 3.38. The van der Waals surface area contributed by atoms with Crippen LogP contribution in [0.15, 0.2) is 35.1 Å². The lowest BCUT2D eigenvalue weighted by Crippen LogP contribution is -2.39. The quantitative estimate of drug-likeness (QED) is 0.632. The van der Waals surface area contributed by atoms with Gasteiger partial charge in [0.2, 0.25) is 10.1 Å². The number of hydrogen-bond acceptors (Lipinski definition) is 7. The molecular formula is C20H25N5O2S. The molecule has 0 fully saturated rings. The monoisotopic (exact) mass is 399 g/mol. The SMILES string of the molecule is CCCc1cc(=O)n2nc(NCC(O)CN3CCc4ccccc4C3)sc2n1. The first-order valence-electron chi connectivity index (χ1n) is 9.73. The van der Waals surface area contributed by atoms with E-state index >= 15 is 0 Å². The highest BCUT2D eigenvalue weighted by molar-refractivity contribution is 7.20. The molecule has 0 amide bonds. The molecule has 4 rings (SSSR count). The van der Waals surface area contributed by atoms with Gasteiger partial charge in [-0.1, -0.05) is 48.9 Å². The van der Waals surface area contributed by atoms with Crippen LogP contribution in [0.4, 0.5) is 5.13 Å². The molecule has 3 aromatic rings. The zero-order valence-corrected chi connectivity index (χ0v) is 16.8. The number of nitrogens with one attached hydrogen (secondary N) is 1. The Kier molecular flexibility index (Phi) is 5.70. The number of aliphatic hydroxyl groups is 1. The second kappa shape index (κ2) is 8.38. The summed E-state index contributed by atoms with van der Waals surface area (Å²) in [6, 6.07) is 10.0. The fourth-order valence-corrected chi connectivity index (χ4v) is 4.42. The zero-order valence-electron chi connectivity index (χ0n) is 16.0. The van der Waals surface area contributed by atoms with Crippen molar-refractivity contribution in [3.8, 4) is 0 Å². The van der Waals surface area contributed by atoms with E-state index in [0.717, 1.165) is 38.0 Å². The van der Waals surface area contributed by atoms with E-state index < -0.39 is 6.10 Å². The van der Waals surface area contributed by atoms with Crippen LogP contribution < -0.4 is 10.9 Å². The molecule has 2 aromatic heterocycles. The maximum Gasteiger partial charge on any atom is 0.275 e. The molecule has 0 aliphatic carbocycles. The van der Waals surface area contributed by atoms with Crippen molar-refractivity contribution in [3.05, 3.63) is 57.5 Å². The molecule has 1 unspecified atom stereocenters. The van der Waals surface area contributed by atoms with Crippen LogP contribution >= 0.6 is 11.3 Å². The van der Waals surface area contributed by atoms with Gasteiger partial charge in [-0.3, -0.25) is 9.69 Å². The number of aromatic nitrogens is 3. The van der Waals surface area contributed by atoms with Gasteiger partial charge in [0.15, 0.2) is 0 Å². The number of nitrogens with zero attached hydrogens (tertiary/aromatic N) is 4. The number of rotatable bonds is 7. The van der Waals surface area contributed by atoms with Crippen molar-refractivity contribution in [2.75, 3.05) is 25.0 Å². The normalized spacial score (nSPS) is 15.5. The van der Waals surface area contributed by atoms with Gasteiger partial charge < -0.3 is 10.4 Å². The van der Waals surface area contributed by atoms with Crippen molar-refractivity contribution in [1.82, 2.24) is 19.5 Å². The standard InChI is InChI=1S/C20H25N5O2S/c1-2-5-16-10-18(27)25-20(22-16)28-19(23-25)21-11-17(26)13-24-9-8-14-6-3-4-7-15(14)12-24/h3-4,6-7,10,17,26H,2,5,8-9,11-13H2,1H3,(H,21,23). The number of aliphatic hydroxyl groups excluding tert-OH is 1. The van der Waals surface area contributed by atoms with Gasteiger partial charge in [-0.15, -0.1) is 5.10 Å². The minimum Gasteiger partial charge on any atom is -0.390 e. The summed E-state index contributed by atoms with van der Waals surface area (Å²) in [6.45, 7) is 4.87. The lowest BCUT2D eigenvalue weighted by molar-refractivity contribution is 0.114.